The molecule has 26 heavy (non-hydrogen) atoms. The van der Waals surface area contributed by atoms with Crippen molar-refractivity contribution in [3.8, 4) is 5.75 Å². The fourth-order valence-corrected chi connectivity index (χ4v) is 3.44. The van der Waals surface area contributed by atoms with Gasteiger partial charge < -0.3 is 15.3 Å². The molecule has 0 aliphatic heterocycles. The smallest absolute Gasteiger partial charge is 0.272 e. The predicted octanol–water partition coefficient (Wildman–Crippen LogP) is 3.96. The van der Waals surface area contributed by atoms with Crippen LogP contribution in [0.25, 0.3) is 10.9 Å². The Hall–Kier alpha value is -1.55. The van der Waals surface area contributed by atoms with Gasteiger partial charge in [-0.1, -0.05) is 0 Å². The van der Waals surface area contributed by atoms with Crippen molar-refractivity contribution in [1.82, 2.24) is 10.3 Å². The first-order valence-electron chi connectivity index (χ1n) is 7.99. The first-order chi connectivity index (χ1) is 12.3. The maximum Gasteiger partial charge on any atom is 0.272 e. The topological polar surface area (TPSA) is 83.8 Å². The van der Waals surface area contributed by atoms with E-state index in [9.17, 15) is 4.79 Å². The zero-order valence-corrected chi connectivity index (χ0v) is 18.1. The summed E-state index contributed by atoms with van der Waals surface area (Å²) in [5.74, 6) is 0.399. The zero-order valence-electron chi connectivity index (χ0n) is 15.1. The summed E-state index contributed by atoms with van der Waals surface area (Å²) in [7, 11) is 0. The number of carbonyl (C=O) groups is 1. The van der Waals surface area contributed by atoms with Crippen molar-refractivity contribution < 1.29 is 14.7 Å². The number of halogens is 1. The van der Waals surface area contributed by atoms with Crippen molar-refractivity contribution in [3.05, 3.63) is 33.5 Å². The van der Waals surface area contributed by atoms with E-state index < -0.39 is 11.0 Å². The van der Waals surface area contributed by atoms with Gasteiger partial charge in [0.2, 0.25) is 5.44 Å². The highest BCUT2D eigenvalue weighted by Crippen LogP contribution is 2.27. The van der Waals surface area contributed by atoms with E-state index in [1.165, 1.54) is 18.0 Å². The molecule has 1 amide bonds. The molecule has 1 aromatic carbocycles. The van der Waals surface area contributed by atoms with Crippen LogP contribution in [-0.4, -0.2) is 39.5 Å². The van der Waals surface area contributed by atoms with Crippen LogP contribution in [0.2, 0.25) is 0 Å². The summed E-state index contributed by atoms with van der Waals surface area (Å²) in [6, 6.07) is 5.83. The van der Waals surface area contributed by atoms with Crippen molar-refractivity contribution in [2.75, 3.05) is 6.26 Å². The van der Waals surface area contributed by atoms with Crippen LogP contribution in [-0.2, 0) is 4.79 Å². The number of nitrogens with one attached hydrogen (secondary N) is 1. The lowest BCUT2D eigenvalue weighted by atomic mass is 10.0. The Labute approximate surface area is 170 Å². The largest absolute Gasteiger partial charge is 0.470 e. The SMILES string of the molecule is CSC(Oc1cc(C)c2ncc(I)cc2c1)C(=O)NC(C)(C)CC=NO. The van der Waals surface area contributed by atoms with Crippen molar-refractivity contribution in [1.29, 1.82) is 0 Å². The Morgan fingerprint density at radius 2 is 2.23 bits per heavy atom. The number of aromatic nitrogens is 1. The second kappa shape index (κ2) is 8.90. The average Bonchev–Trinajstić information content (AvgIpc) is 2.57. The molecule has 1 heterocycles. The third-order valence-electron chi connectivity index (χ3n) is 3.73. The van der Waals surface area contributed by atoms with E-state index in [0.29, 0.717) is 12.2 Å². The van der Waals surface area contributed by atoms with E-state index in [-0.39, 0.29) is 5.91 Å². The average molecular weight is 487 g/mol. The summed E-state index contributed by atoms with van der Waals surface area (Å²) >= 11 is 3.54. The van der Waals surface area contributed by atoms with Crippen LogP contribution < -0.4 is 10.1 Å². The number of amides is 1. The van der Waals surface area contributed by atoms with E-state index in [1.807, 2.05) is 51.4 Å². The van der Waals surface area contributed by atoms with Crippen molar-refractivity contribution in [3.63, 3.8) is 0 Å². The minimum absolute atomic E-state index is 0.229. The van der Waals surface area contributed by atoms with Crippen molar-refractivity contribution in [2.24, 2.45) is 5.16 Å². The molecule has 2 aromatic rings. The lowest BCUT2D eigenvalue weighted by molar-refractivity contribution is -0.126. The minimum atomic E-state index is -0.687. The standard InChI is InChI=1S/C18H22IN3O3S/c1-11-7-14(9-12-8-13(19)10-20-15(11)12)25-17(26-4)16(23)22-18(2,3)5-6-21-24/h6-10,17,24H,5H2,1-4H3,(H,22,23). The molecule has 8 heteroatoms. The fraction of sp³-hybridized carbons (Fsp3) is 0.389. The Balaban J connectivity index is 2.19. The van der Waals surface area contributed by atoms with Crippen LogP contribution in [0.5, 0.6) is 5.75 Å². The van der Waals surface area contributed by atoms with Crippen LogP contribution in [0, 0.1) is 10.5 Å². The number of aryl methyl sites for hydroxylation is 1. The molecule has 2 N–H and O–H groups in total. The lowest BCUT2D eigenvalue weighted by Crippen LogP contribution is -2.48. The van der Waals surface area contributed by atoms with E-state index >= 15 is 0 Å². The zero-order chi connectivity index (χ0) is 19.3. The summed E-state index contributed by atoms with van der Waals surface area (Å²) in [6.07, 6.45) is 5.42. The highest BCUT2D eigenvalue weighted by Gasteiger charge is 2.26. The number of benzene rings is 1. The highest BCUT2D eigenvalue weighted by atomic mass is 127. The van der Waals surface area contributed by atoms with Crippen molar-refractivity contribution >= 4 is 57.4 Å². The van der Waals surface area contributed by atoms with Crippen LogP contribution in [0.4, 0.5) is 0 Å². The number of nitrogens with zero attached hydrogens (tertiary/aromatic N) is 2. The number of pyridine rings is 1. The molecular weight excluding hydrogens is 465 g/mol. The Morgan fingerprint density at radius 3 is 2.88 bits per heavy atom. The van der Waals surface area contributed by atoms with E-state index in [2.05, 4.69) is 38.0 Å². The minimum Gasteiger partial charge on any atom is -0.470 e. The van der Waals surface area contributed by atoms with Gasteiger partial charge in [0, 0.05) is 33.3 Å². The molecule has 6 nitrogen and oxygen atoms in total. The van der Waals surface area contributed by atoms with E-state index in [1.54, 1.807) is 0 Å². The van der Waals surface area contributed by atoms with Crippen LogP contribution in [0.1, 0.15) is 25.8 Å². The van der Waals surface area contributed by atoms with Gasteiger partial charge in [0.05, 0.1) is 5.52 Å². The van der Waals surface area contributed by atoms with Gasteiger partial charge in [-0.2, -0.15) is 0 Å². The molecule has 0 bridgehead atoms. The number of carbonyl (C=O) groups excluding carboxylic acids is 1. The second-order valence-electron chi connectivity index (χ2n) is 6.53. The molecule has 0 saturated heterocycles. The second-order valence-corrected chi connectivity index (χ2v) is 8.67. The van der Waals surface area contributed by atoms with Gasteiger partial charge in [0.1, 0.15) is 5.75 Å². The van der Waals surface area contributed by atoms with Crippen LogP contribution >= 0.6 is 34.4 Å². The van der Waals surface area contributed by atoms with Gasteiger partial charge in [0.15, 0.2) is 0 Å². The molecule has 0 spiro atoms. The maximum absolute atomic E-state index is 12.6. The quantitative estimate of drug-likeness (QED) is 0.203. The molecule has 0 fully saturated rings. The monoisotopic (exact) mass is 487 g/mol. The molecule has 1 aromatic heterocycles. The summed E-state index contributed by atoms with van der Waals surface area (Å²) in [5.41, 5.74) is 0.689. The van der Waals surface area contributed by atoms with Crippen molar-refractivity contribution in [2.45, 2.75) is 38.2 Å². The predicted molar refractivity (Wildman–Crippen MR) is 114 cm³/mol. The first kappa shape index (κ1) is 20.8. The molecular formula is C18H22IN3O3S. The Bertz CT molecular complexity index is 827. The van der Waals surface area contributed by atoms with Crippen LogP contribution in [0.15, 0.2) is 29.6 Å². The molecule has 2 rings (SSSR count). The molecule has 0 saturated carbocycles. The van der Waals surface area contributed by atoms with Gasteiger partial charge in [-0.25, -0.2) is 0 Å². The summed E-state index contributed by atoms with van der Waals surface area (Å²) in [5, 5.41) is 15.5. The number of rotatable bonds is 7. The summed E-state index contributed by atoms with van der Waals surface area (Å²) in [4.78, 5) is 17.0. The van der Waals surface area contributed by atoms with Crippen LogP contribution in [0.3, 0.4) is 0 Å². The number of thioether (sulfide) groups is 1. The molecule has 1 unspecified atom stereocenters. The Kier molecular flexibility index (Phi) is 7.10. The van der Waals surface area contributed by atoms with Gasteiger partial charge in [-0.15, -0.1) is 16.9 Å². The lowest BCUT2D eigenvalue weighted by Gasteiger charge is -2.27. The summed E-state index contributed by atoms with van der Waals surface area (Å²) in [6.45, 7) is 5.69. The molecule has 0 aliphatic carbocycles. The number of oxime groups is 1. The van der Waals surface area contributed by atoms with Gasteiger partial charge in [0.25, 0.3) is 5.91 Å². The molecule has 0 radical (unpaired) electrons. The third-order valence-corrected chi connectivity index (χ3v) is 5.06. The number of hydrogen-bond donors (Lipinski definition) is 2. The molecule has 140 valence electrons. The van der Waals surface area contributed by atoms with E-state index in [0.717, 1.165) is 20.0 Å². The number of hydrogen-bond acceptors (Lipinski definition) is 6. The molecule has 0 aliphatic rings. The normalized spacial score (nSPS) is 13.1. The van der Waals surface area contributed by atoms with E-state index in [4.69, 9.17) is 9.94 Å². The fourth-order valence-electron chi connectivity index (χ4n) is 2.48. The number of fused-ring (bicyclic) bond motifs is 1. The van der Waals surface area contributed by atoms with Gasteiger partial charge in [-0.3, -0.25) is 9.78 Å². The Morgan fingerprint density at radius 1 is 1.50 bits per heavy atom. The third kappa shape index (κ3) is 5.47. The maximum atomic E-state index is 12.6. The number of ether oxygens (including phenoxy) is 1. The summed E-state index contributed by atoms with van der Waals surface area (Å²) < 4.78 is 6.98. The van der Waals surface area contributed by atoms with Gasteiger partial charge in [-0.05, 0) is 73.4 Å². The molecule has 1 atom stereocenters. The first-order valence-corrected chi connectivity index (χ1v) is 10.4. The highest BCUT2D eigenvalue weighted by molar-refractivity contribution is 14.1. The van der Waals surface area contributed by atoms with Gasteiger partial charge >= 0.3 is 0 Å².